The molecule has 1 heterocycles. The van der Waals surface area contributed by atoms with Crippen LogP contribution < -0.4 is 5.32 Å². The van der Waals surface area contributed by atoms with Crippen LogP contribution in [0.1, 0.15) is 27.7 Å². The summed E-state index contributed by atoms with van der Waals surface area (Å²) in [5, 5.41) is 12.1. The first kappa shape index (κ1) is 13.0. The average Bonchev–Trinajstić information content (AvgIpc) is 2.74. The van der Waals surface area contributed by atoms with Gasteiger partial charge in [-0.05, 0) is 19.3 Å². The lowest BCUT2D eigenvalue weighted by atomic mass is 10.1. The zero-order valence-electron chi connectivity index (χ0n) is 11.2. The van der Waals surface area contributed by atoms with Gasteiger partial charge in [0.1, 0.15) is 6.04 Å². The Morgan fingerprint density at radius 3 is 2.22 bits per heavy atom. The zero-order chi connectivity index (χ0) is 13.7. The van der Waals surface area contributed by atoms with Crippen molar-refractivity contribution in [3.63, 3.8) is 0 Å². The van der Waals surface area contributed by atoms with Crippen molar-refractivity contribution in [3.8, 4) is 6.07 Å². The molecule has 2 aliphatic rings. The summed E-state index contributed by atoms with van der Waals surface area (Å²) in [7, 11) is 0. The van der Waals surface area contributed by atoms with E-state index in [-0.39, 0.29) is 41.7 Å². The number of carbonyl (C=O) groups excluding carboxylic acids is 2. The maximum absolute atomic E-state index is 12.1. The molecule has 0 aromatic heterocycles. The molecule has 1 aliphatic carbocycles. The van der Waals surface area contributed by atoms with Gasteiger partial charge < -0.3 is 0 Å². The molecule has 1 saturated carbocycles. The first-order valence-electron chi connectivity index (χ1n) is 6.31. The maximum atomic E-state index is 12.1. The molecule has 2 amide bonds. The van der Waals surface area contributed by atoms with Crippen LogP contribution in [0.25, 0.3) is 0 Å². The van der Waals surface area contributed by atoms with Gasteiger partial charge in [0.05, 0.1) is 24.4 Å². The van der Waals surface area contributed by atoms with Crippen LogP contribution in [0.4, 0.5) is 0 Å². The standard InChI is InChI=1S/C13H19N3O2/c1-7(2)15-8(5-14)6-16-11(17)9-10(12(16)18)13(9,3)4/h7-10,15H,6H2,1-4H3. The second-order valence-electron chi connectivity index (χ2n) is 6.07. The Morgan fingerprint density at radius 2 is 1.83 bits per heavy atom. The van der Waals surface area contributed by atoms with E-state index < -0.39 is 6.04 Å². The van der Waals surface area contributed by atoms with E-state index in [0.717, 1.165) is 0 Å². The molecule has 1 saturated heterocycles. The molecule has 1 N–H and O–H groups in total. The van der Waals surface area contributed by atoms with Gasteiger partial charge in [-0.15, -0.1) is 0 Å². The van der Waals surface area contributed by atoms with Crippen LogP contribution >= 0.6 is 0 Å². The number of fused-ring (bicyclic) bond motifs is 1. The summed E-state index contributed by atoms with van der Waals surface area (Å²) in [5.74, 6) is -0.548. The number of imide groups is 1. The minimum atomic E-state index is -0.487. The fourth-order valence-corrected chi connectivity index (χ4v) is 2.90. The molecule has 3 unspecified atom stereocenters. The number of nitrogens with zero attached hydrogens (tertiary/aromatic N) is 2. The summed E-state index contributed by atoms with van der Waals surface area (Å²) < 4.78 is 0. The predicted octanol–water partition coefficient (Wildman–Crippen LogP) is 0.518. The second-order valence-corrected chi connectivity index (χ2v) is 6.07. The van der Waals surface area contributed by atoms with Crippen molar-refractivity contribution in [3.05, 3.63) is 0 Å². The summed E-state index contributed by atoms with van der Waals surface area (Å²) in [6, 6.07) is 1.75. The second kappa shape index (κ2) is 4.06. The van der Waals surface area contributed by atoms with Crippen molar-refractivity contribution in [2.45, 2.75) is 39.8 Å². The maximum Gasteiger partial charge on any atom is 0.233 e. The zero-order valence-corrected chi connectivity index (χ0v) is 11.2. The van der Waals surface area contributed by atoms with Gasteiger partial charge >= 0.3 is 0 Å². The highest BCUT2D eigenvalue weighted by molar-refractivity contribution is 6.10. The molecular weight excluding hydrogens is 230 g/mol. The van der Waals surface area contributed by atoms with E-state index in [9.17, 15) is 9.59 Å². The Labute approximate surface area is 107 Å². The van der Waals surface area contributed by atoms with Crippen LogP contribution in [-0.2, 0) is 9.59 Å². The predicted molar refractivity (Wildman–Crippen MR) is 65.2 cm³/mol. The summed E-state index contributed by atoms with van der Waals surface area (Å²) >= 11 is 0. The molecule has 3 atom stereocenters. The van der Waals surface area contributed by atoms with Gasteiger partial charge in [-0.2, -0.15) is 5.26 Å². The van der Waals surface area contributed by atoms with E-state index in [0.29, 0.717) is 0 Å². The molecule has 2 fully saturated rings. The lowest BCUT2D eigenvalue weighted by Gasteiger charge is -2.24. The Bertz CT molecular complexity index is 412. The van der Waals surface area contributed by atoms with Gasteiger partial charge in [-0.1, -0.05) is 13.8 Å². The van der Waals surface area contributed by atoms with Crippen molar-refractivity contribution in [1.82, 2.24) is 10.2 Å². The molecule has 5 heteroatoms. The van der Waals surface area contributed by atoms with Crippen molar-refractivity contribution < 1.29 is 9.59 Å². The Hall–Kier alpha value is -1.41. The third-order valence-corrected chi connectivity index (χ3v) is 3.95. The van der Waals surface area contributed by atoms with Gasteiger partial charge in [0.2, 0.25) is 11.8 Å². The summed E-state index contributed by atoms with van der Waals surface area (Å²) in [5.41, 5.74) is -0.182. The number of carbonyl (C=O) groups is 2. The first-order valence-corrected chi connectivity index (χ1v) is 6.31. The van der Waals surface area contributed by atoms with E-state index in [1.54, 1.807) is 0 Å². The van der Waals surface area contributed by atoms with Gasteiger partial charge in [0, 0.05) is 6.04 Å². The van der Waals surface area contributed by atoms with Crippen LogP contribution in [0.3, 0.4) is 0 Å². The molecule has 5 nitrogen and oxygen atoms in total. The minimum absolute atomic E-state index is 0.110. The fraction of sp³-hybridized carbons (Fsp3) is 0.769. The minimum Gasteiger partial charge on any atom is -0.298 e. The number of likely N-dealkylation sites (tertiary alicyclic amines) is 1. The van der Waals surface area contributed by atoms with E-state index in [4.69, 9.17) is 5.26 Å². The van der Waals surface area contributed by atoms with Crippen molar-refractivity contribution in [1.29, 1.82) is 5.26 Å². The molecule has 0 bridgehead atoms. The molecule has 0 spiro atoms. The van der Waals surface area contributed by atoms with Gasteiger partial charge in [-0.3, -0.25) is 19.8 Å². The summed E-state index contributed by atoms with van der Waals surface area (Å²) in [6.45, 7) is 7.92. The Kier molecular flexibility index (Phi) is 2.94. The highest BCUT2D eigenvalue weighted by atomic mass is 16.2. The van der Waals surface area contributed by atoms with Crippen LogP contribution in [0.15, 0.2) is 0 Å². The third kappa shape index (κ3) is 1.81. The fourth-order valence-electron chi connectivity index (χ4n) is 2.90. The number of hydrogen-bond donors (Lipinski definition) is 1. The molecule has 18 heavy (non-hydrogen) atoms. The number of amides is 2. The highest BCUT2D eigenvalue weighted by Gasteiger charge is 2.72. The smallest absolute Gasteiger partial charge is 0.233 e. The lowest BCUT2D eigenvalue weighted by Crippen LogP contribution is -2.47. The van der Waals surface area contributed by atoms with Crippen molar-refractivity contribution >= 4 is 11.8 Å². The van der Waals surface area contributed by atoms with Crippen LogP contribution in [0.2, 0.25) is 0 Å². The summed E-state index contributed by atoms with van der Waals surface area (Å²) in [4.78, 5) is 25.4. The van der Waals surface area contributed by atoms with E-state index in [1.165, 1.54) is 4.90 Å². The molecule has 98 valence electrons. The SMILES string of the molecule is CC(C)NC(C#N)CN1C(=O)C2C(C1=O)C2(C)C. The molecule has 0 radical (unpaired) electrons. The molecule has 1 aliphatic heterocycles. The topological polar surface area (TPSA) is 73.2 Å². The average molecular weight is 249 g/mol. The van der Waals surface area contributed by atoms with Crippen molar-refractivity contribution in [2.75, 3.05) is 6.54 Å². The molecule has 0 aromatic carbocycles. The van der Waals surface area contributed by atoms with Gasteiger partial charge in [0.25, 0.3) is 0 Å². The van der Waals surface area contributed by atoms with Crippen LogP contribution in [-0.4, -0.2) is 35.3 Å². The van der Waals surface area contributed by atoms with Crippen molar-refractivity contribution in [2.24, 2.45) is 17.3 Å². The monoisotopic (exact) mass is 249 g/mol. The largest absolute Gasteiger partial charge is 0.298 e. The Balaban J connectivity index is 2.03. The number of rotatable bonds is 4. The normalized spacial score (nSPS) is 30.3. The Morgan fingerprint density at radius 1 is 1.33 bits per heavy atom. The van der Waals surface area contributed by atoms with Gasteiger partial charge in [-0.25, -0.2) is 0 Å². The van der Waals surface area contributed by atoms with Crippen LogP contribution in [0.5, 0.6) is 0 Å². The number of nitrogens with one attached hydrogen (secondary N) is 1. The number of nitriles is 1. The van der Waals surface area contributed by atoms with Gasteiger partial charge in [0.15, 0.2) is 0 Å². The number of piperidine rings is 1. The van der Waals surface area contributed by atoms with E-state index >= 15 is 0 Å². The molecule has 0 aromatic rings. The third-order valence-electron chi connectivity index (χ3n) is 3.95. The summed E-state index contributed by atoms with van der Waals surface area (Å²) in [6.07, 6.45) is 0. The van der Waals surface area contributed by atoms with E-state index in [2.05, 4.69) is 11.4 Å². The van der Waals surface area contributed by atoms with E-state index in [1.807, 2.05) is 27.7 Å². The number of hydrogen-bond acceptors (Lipinski definition) is 4. The quantitative estimate of drug-likeness (QED) is 0.737. The molecular formula is C13H19N3O2. The van der Waals surface area contributed by atoms with Crippen LogP contribution in [0, 0.1) is 28.6 Å². The first-order chi connectivity index (χ1) is 8.30. The highest BCUT2D eigenvalue weighted by Crippen LogP contribution is 2.63. The molecule has 2 rings (SSSR count). The lowest BCUT2D eigenvalue weighted by molar-refractivity contribution is -0.143.